The van der Waals surface area contributed by atoms with E-state index in [1.165, 1.54) is 17.9 Å². The lowest BCUT2D eigenvalue weighted by Gasteiger charge is -2.05. The number of nitrogens with two attached hydrogens (primary N) is 1. The molecule has 2 heterocycles. The highest BCUT2D eigenvalue weighted by Crippen LogP contribution is 2.19. The van der Waals surface area contributed by atoms with Crippen LogP contribution in [0.3, 0.4) is 0 Å². The molecule has 2 aromatic heterocycles. The Kier molecular flexibility index (Phi) is 2.24. The Labute approximate surface area is 78.8 Å². The van der Waals surface area contributed by atoms with Crippen LogP contribution in [0.15, 0.2) is 24.9 Å². The van der Waals surface area contributed by atoms with Gasteiger partial charge in [0.25, 0.3) is 0 Å². The van der Waals surface area contributed by atoms with E-state index in [2.05, 4.69) is 19.6 Å². The van der Waals surface area contributed by atoms with Crippen molar-refractivity contribution in [3.8, 4) is 0 Å². The van der Waals surface area contributed by atoms with Gasteiger partial charge in [0.15, 0.2) is 0 Å². The normalized spacial score (nSPS) is 12.7. The molecule has 0 saturated heterocycles. The molecule has 0 aliphatic rings. The summed E-state index contributed by atoms with van der Waals surface area (Å²) < 4.78 is 3.74. The van der Waals surface area contributed by atoms with E-state index < -0.39 is 0 Å². The number of hydrogen-bond acceptors (Lipinski definition) is 6. The first-order valence-electron chi connectivity index (χ1n) is 3.65. The molecule has 6 heteroatoms. The molecular weight excluding hydrogens is 186 g/mol. The molecule has 0 amide bonds. The Balaban J connectivity index is 2.29. The minimum absolute atomic E-state index is 0.221. The molecule has 2 rings (SSSR count). The molecule has 0 aliphatic heterocycles. The summed E-state index contributed by atoms with van der Waals surface area (Å²) in [7, 11) is 0. The summed E-state index contributed by atoms with van der Waals surface area (Å²) in [5, 5.41) is 3.72. The second kappa shape index (κ2) is 3.55. The van der Waals surface area contributed by atoms with Gasteiger partial charge >= 0.3 is 0 Å². The van der Waals surface area contributed by atoms with Gasteiger partial charge in [-0.15, -0.1) is 5.10 Å². The van der Waals surface area contributed by atoms with Gasteiger partial charge in [0.2, 0.25) is 0 Å². The third-order valence-corrected chi connectivity index (χ3v) is 2.37. The highest BCUT2D eigenvalue weighted by molar-refractivity contribution is 7.05. The maximum Gasteiger partial charge on any atom is 0.115 e. The highest BCUT2D eigenvalue weighted by Gasteiger charge is 2.10. The first kappa shape index (κ1) is 8.21. The van der Waals surface area contributed by atoms with Crippen molar-refractivity contribution in [3.05, 3.63) is 35.4 Å². The van der Waals surface area contributed by atoms with Crippen LogP contribution in [0.2, 0.25) is 0 Å². The van der Waals surface area contributed by atoms with Gasteiger partial charge in [-0.1, -0.05) is 4.49 Å². The van der Waals surface area contributed by atoms with Crippen molar-refractivity contribution < 1.29 is 0 Å². The predicted octanol–water partition coefficient (Wildman–Crippen LogP) is 0.376. The minimum atomic E-state index is -0.221. The zero-order valence-corrected chi connectivity index (χ0v) is 7.48. The SMILES string of the molecule is NC(c1cncnc1)c1cnns1. The van der Waals surface area contributed by atoms with E-state index in [4.69, 9.17) is 5.73 Å². The molecule has 66 valence electrons. The maximum absolute atomic E-state index is 5.91. The molecule has 2 N–H and O–H groups in total. The average molecular weight is 193 g/mol. The molecule has 0 saturated carbocycles. The third-order valence-electron chi connectivity index (χ3n) is 1.62. The summed E-state index contributed by atoms with van der Waals surface area (Å²) in [4.78, 5) is 8.69. The molecule has 1 unspecified atom stereocenters. The molecular formula is C7H7N5S. The fourth-order valence-electron chi connectivity index (χ4n) is 0.947. The Hall–Kier alpha value is -1.40. The first-order valence-corrected chi connectivity index (χ1v) is 4.43. The van der Waals surface area contributed by atoms with Gasteiger partial charge < -0.3 is 5.73 Å². The van der Waals surface area contributed by atoms with E-state index >= 15 is 0 Å². The van der Waals surface area contributed by atoms with Crippen LogP contribution in [0.4, 0.5) is 0 Å². The van der Waals surface area contributed by atoms with Gasteiger partial charge in [0.1, 0.15) is 6.33 Å². The van der Waals surface area contributed by atoms with Crippen molar-refractivity contribution in [1.82, 2.24) is 19.6 Å². The highest BCUT2D eigenvalue weighted by atomic mass is 32.1. The van der Waals surface area contributed by atoms with Crippen molar-refractivity contribution in [1.29, 1.82) is 0 Å². The number of rotatable bonds is 2. The number of nitrogens with zero attached hydrogens (tertiary/aromatic N) is 4. The second-order valence-electron chi connectivity index (χ2n) is 2.47. The van der Waals surface area contributed by atoms with E-state index in [1.807, 2.05) is 0 Å². The summed E-state index contributed by atoms with van der Waals surface area (Å²) in [6.07, 6.45) is 6.51. The third kappa shape index (κ3) is 1.68. The van der Waals surface area contributed by atoms with Crippen molar-refractivity contribution in [2.24, 2.45) is 5.73 Å². The van der Waals surface area contributed by atoms with Crippen LogP contribution in [0, 0.1) is 0 Å². The van der Waals surface area contributed by atoms with Crippen LogP contribution in [0.5, 0.6) is 0 Å². The summed E-state index contributed by atoms with van der Waals surface area (Å²) in [6, 6.07) is -0.221. The van der Waals surface area contributed by atoms with Gasteiger partial charge in [-0.25, -0.2) is 9.97 Å². The molecule has 0 radical (unpaired) electrons. The Morgan fingerprint density at radius 3 is 2.62 bits per heavy atom. The molecule has 0 aromatic carbocycles. The fraction of sp³-hybridized carbons (Fsp3) is 0.143. The van der Waals surface area contributed by atoms with Crippen LogP contribution < -0.4 is 5.73 Å². The van der Waals surface area contributed by atoms with Gasteiger partial charge in [-0.2, -0.15) is 0 Å². The van der Waals surface area contributed by atoms with E-state index in [0.29, 0.717) is 0 Å². The molecule has 0 bridgehead atoms. The molecule has 0 fully saturated rings. The molecule has 1 atom stereocenters. The molecule has 13 heavy (non-hydrogen) atoms. The van der Waals surface area contributed by atoms with Crippen LogP contribution in [0.25, 0.3) is 0 Å². The van der Waals surface area contributed by atoms with Crippen molar-refractivity contribution in [3.63, 3.8) is 0 Å². The summed E-state index contributed by atoms with van der Waals surface area (Å²) >= 11 is 1.28. The van der Waals surface area contributed by atoms with Crippen LogP contribution in [-0.4, -0.2) is 19.6 Å². The lowest BCUT2D eigenvalue weighted by atomic mass is 10.1. The van der Waals surface area contributed by atoms with Crippen LogP contribution >= 0.6 is 11.5 Å². The quantitative estimate of drug-likeness (QED) is 0.745. The number of hydrogen-bond donors (Lipinski definition) is 1. The van der Waals surface area contributed by atoms with Gasteiger partial charge in [-0.05, 0) is 11.5 Å². The van der Waals surface area contributed by atoms with Gasteiger partial charge in [0.05, 0.1) is 17.1 Å². The number of aromatic nitrogens is 4. The average Bonchev–Trinajstić information content (AvgIpc) is 2.71. The monoisotopic (exact) mass is 193 g/mol. The zero-order chi connectivity index (χ0) is 9.10. The molecule has 0 aliphatic carbocycles. The minimum Gasteiger partial charge on any atom is -0.319 e. The molecule has 5 nitrogen and oxygen atoms in total. The van der Waals surface area contributed by atoms with E-state index in [-0.39, 0.29) is 6.04 Å². The smallest absolute Gasteiger partial charge is 0.115 e. The lowest BCUT2D eigenvalue weighted by molar-refractivity contribution is 0.865. The van der Waals surface area contributed by atoms with Crippen molar-refractivity contribution in [2.75, 3.05) is 0 Å². The Morgan fingerprint density at radius 1 is 1.23 bits per heavy atom. The Morgan fingerprint density at radius 2 is 2.00 bits per heavy atom. The van der Waals surface area contributed by atoms with Crippen molar-refractivity contribution >= 4 is 11.5 Å². The predicted molar refractivity (Wildman–Crippen MR) is 48.0 cm³/mol. The van der Waals surface area contributed by atoms with E-state index in [1.54, 1.807) is 18.6 Å². The van der Waals surface area contributed by atoms with E-state index in [9.17, 15) is 0 Å². The van der Waals surface area contributed by atoms with Gasteiger partial charge in [-0.3, -0.25) is 0 Å². The van der Waals surface area contributed by atoms with Gasteiger partial charge in [0, 0.05) is 18.0 Å². The maximum atomic E-state index is 5.91. The van der Waals surface area contributed by atoms with Crippen molar-refractivity contribution in [2.45, 2.75) is 6.04 Å². The lowest BCUT2D eigenvalue weighted by Crippen LogP contribution is -2.10. The Bertz CT molecular complexity index is 360. The molecule has 2 aromatic rings. The molecule has 0 spiro atoms. The fourth-order valence-corrected chi connectivity index (χ4v) is 1.48. The summed E-state index contributed by atoms with van der Waals surface area (Å²) in [5.74, 6) is 0. The first-order chi connectivity index (χ1) is 6.38. The zero-order valence-electron chi connectivity index (χ0n) is 6.66. The largest absolute Gasteiger partial charge is 0.319 e. The standard InChI is InChI=1S/C7H7N5S/c8-7(6-3-11-12-13-6)5-1-9-4-10-2-5/h1-4,7H,8H2. The van der Waals surface area contributed by atoms with Crippen LogP contribution in [-0.2, 0) is 0 Å². The topological polar surface area (TPSA) is 77.6 Å². The summed E-state index contributed by atoms with van der Waals surface area (Å²) in [6.45, 7) is 0. The summed E-state index contributed by atoms with van der Waals surface area (Å²) in [5.41, 5.74) is 6.78. The van der Waals surface area contributed by atoms with Crippen LogP contribution in [0.1, 0.15) is 16.5 Å². The second-order valence-corrected chi connectivity index (χ2v) is 3.29. The van der Waals surface area contributed by atoms with E-state index in [0.717, 1.165) is 10.4 Å².